The lowest BCUT2D eigenvalue weighted by molar-refractivity contribution is -0.137. The monoisotopic (exact) mass is 358 g/mol. The third-order valence-electron chi connectivity index (χ3n) is 5.91. The summed E-state index contributed by atoms with van der Waals surface area (Å²) in [4.78, 5) is 12.4. The van der Waals surface area contributed by atoms with E-state index in [0.29, 0.717) is 13.0 Å². The van der Waals surface area contributed by atoms with Crippen molar-refractivity contribution in [2.75, 3.05) is 13.2 Å². The van der Waals surface area contributed by atoms with Crippen LogP contribution in [0.1, 0.15) is 50.7 Å². The molecular formula is C21H30N2O3. The van der Waals surface area contributed by atoms with Gasteiger partial charge in [-0.25, -0.2) is 0 Å². The summed E-state index contributed by atoms with van der Waals surface area (Å²) < 4.78 is 11.8. The maximum absolute atomic E-state index is 12.4. The van der Waals surface area contributed by atoms with Gasteiger partial charge in [0.2, 0.25) is 5.91 Å². The number of fused-ring (bicyclic) bond motifs is 1. The molecule has 3 aliphatic rings. The molecule has 1 saturated heterocycles. The molecule has 1 aliphatic carbocycles. The van der Waals surface area contributed by atoms with Crippen LogP contribution in [-0.2, 0) is 22.4 Å². The molecule has 3 atom stereocenters. The van der Waals surface area contributed by atoms with Gasteiger partial charge in [-0.05, 0) is 56.7 Å². The third kappa shape index (κ3) is 3.89. The van der Waals surface area contributed by atoms with Gasteiger partial charge in [0, 0.05) is 31.5 Å². The van der Waals surface area contributed by atoms with E-state index < -0.39 is 0 Å². The van der Waals surface area contributed by atoms with Gasteiger partial charge in [0.25, 0.3) is 0 Å². The van der Waals surface area contributed by atoms with Gasteiger partial charge in [0.05, 0.1) is 12.2 Å². The molecule has 1 aromatic rings. The summed E-state index contributed by atoms with van der Waals surface area (Å²) in [6.45, 7) is 5.69. The van der Waals surface area contributed by atoms with Crippen LogP contribution in [0.2, 0.25) is 0 Å². The Bertz CT molecular complexity index is 661. The van der Waals surface area contributed by atoms with E-state index in [1.807, 2.05) is 0 Å². The Morgan fingerprint density at radius 2 is 2.27 bits per heavy atom. The fraction of sp³-hybridized carbons (Fsp3) is 0.667. The molecule has 0 aromatic heterocycles. The number of hydrogen-bond acceptors (Lipinski definition) is 4. The molecule has 2 heterocycles. The lowest BCUT2D eigenvalue weighted by Gasteiger charge is -2.46. The van der Waals surface area contributed by atoms with Gasteiger partial charge in [-0.15, -0.1) is 0 Å². The smallest absolute Gasteiger partial charge is 0.221 e. The maximum atomic E-state index is 12.4. The standard InChI is InChI=1S/C21H30N2O3/c1-14(8-16-4-5-19-17(10-16)9-15(2)26-19)23-20(24)11-18-12-25-21(13-22-18)6-3-7-21/h4-5,10,14-15,18,22H,3,6-9,11-13H2,1-2H3,(H,23,24)/t14-,15?,18?/m1/s1. The Balaban J connectivity index is 1.23. The second-order valence-electron chi connectivity index (χ2n) is 8.38. The second-order valence-corrected chi connectivity index (χ2v) is 8.38. The fourth-order valence-electron chi connectivity index (χ4n) is 4.31. The average Bonchev–Trinajstić information content (AvgIpc) is 2.93. The minimum atomic E-state index is 0.0784. The highest BCUT2D eigenvalue weighted by atomic mass is 16.5. The zero-order valence-corrected chi connectivity index (χ0v) is 15.8. The summed E-state index contributed by atoms with van der Waals surface area (Å²) in [7, 11) is 0. The number of nitrogens with one attached hydrogen (secondary N) is 2. The summed E-state index contributed by atoms with van der Waals surface area (Å²) in [6, 6.07) is 6.63. The van der Waals surface area contributed by atoms with Crippen LogP contribution >= 0.6 is 0 Å². The zero-order valence-electron chi connectivity index (χ0n) is 15.8. The Morgan fingerprint density at radius 3 is 2.96 bits per heavy atom. The molecule has 2 fully saturated rings. The molecule has 142 valence electrons. The van der Waals surface area contributed by atoms with E-state index >= 15 is 0 Å². The number of carbonyl (C=O) groups is 1. The number of ether oxygens (including phenoxy) is 2. The molecule has 1 amide bonds. The molecule has 1 saturated carbocycles. The van der Waals surface area contributed by atoms with Crippen molar-refractivity contribution in [3.8, 4) is 5.75 Å². The number of amides is 1. The quantitative estimate of drug-likeness (QED) is 0.848. The Kier molecular flexibility index (Phi) is 4.93. The van der Waals surface area contributed by atoms with Gasteiger partial charge in [0.15, 0.2) is 0 Å². The molecule has 0 bridgehead atoms. The number of morpholine rings is 1. The second kappa shape index (κ2) is 7.20. The molecule has 1 aromatic carbocycles. The SMILES string of the molecule is CC1Cc2cc(C[C@@H](C)NC(=O)CC3COC4(CCC4)CN3)ccc2O1. The van der Waals surface area contributed by atoms with Gasteiger partial charge in [-0.1, -0.05) is 12.1 Å². The first-order valence-corrected chi connectivity index (χ1v) is 9.96. The van der Waals surface area contributed by atoms with Crippen LogP contribution in [0.25, 0.3) is 0 Å². The van der Waals surface area contributed by atoms with E-state index in [-0.39, 0.29) is 29.7 Å². The van der Waals surface area contributed by atoms with Crippen LogP contribution in [0.5, 0.6) is 5.75 Å². The molecule has 1 spiro atoms. The van der Waals surface area contributed by atoms with Crippen molar-refractivity contribution >= 4 is 5.91 Å². The molecule has 4 rings (SSSR count). The highest BCUT2D eigenvalue weighted by molar-refractivity contribution is 5.77. The molecule has 5 nitrogen and oxygen atoms in total. The predicted molar refractivity (Wildman–Crippen MR) is 100 cm³/mol. The maximum Gasteiger partial charge on any atom is 0.221 e. The van der Waals surface area contributed by atoms with Gasteiger partial charge < -0.3 is 20.1 Å². The van der Waals surface area contributed by atoms with Crippen LogP contribution in [0.15, 0.2) is 18.2 Å². The van der Waals surface area contributed by atoms with Crippen molar-refractivity contribution in [2.24, 2.45) is 0 Å². The zero-order chi connectivity index (χ0) is 18.1. The van der Waals surface area contributed by atoms with Crippen molar-refractivity contribution in [1.29, 1.82) is 0 Å². The van der Waals surface area contributed by atoms with Crippen molar-refractivity contribution in [3.05, 3.63) is 29.3 Å². The van der Waals surface area contributed by atoms with Crippen LogP contribution in [0, 0.1) is 0 Å². The largest absolute Gasteiger partial charge is 0.490 e. The number of hydrogen-bond donors (Lipinski definition) is 2. The van der Waals surface area contributed by atoms with E-state index in [1.54, 1.807) is 0 Å². The summed E-state index contributed by atoms with van der Waals surface area (Å²) in [6.07, 6.45) is 6.13. The number of benzene rings is 1. The van der Waals surface area contributed by atoms with Gasteiger partial charge in [0.1, 0.15) is 11.9 Å². The van der Waals surface area contributed by atoms with Crippen LogP contribution in [0.4, 0.5) is 0 Å². The third-order valence-corrected chi connectivity index (χ3v) is 5.91. The lowest BCUT2D eigenvalue weighted by Crippen LogP contribution is -2.58. The van der Waals surface area contributed by atoms with Crippen molar-refractivity contribution in [2.45, 2.75) is 76.2 Å². The normalized spacial score (nSPS) is 27.3. The predicted octanol–water partition coefficient (Wildman–Crippen LogP) is 2.36. The molecule has 5 heteroatoms. The van der Waals surface area contributed by atoms with E-state index in [2.05, 4.69) is 42.7 Å². The van der Waals surface area contributed by atoms with E-state index in [9.17, 15) is 4.79 Å². The summed E-state index contributed by atoms with van der Waals surface area (Å²) in [5.41, 5.74) is 2.61. The van der Waals surface area contributed by atoms with Crippen molar-refractivity contribution < 1.29 is 14.3 Å². The highest BCUT2D eigenvalue weighted by Gasteiger charge is 2.41. The Hall–Kier alpha value is -1.59. The Morgan fingerprint density at radius 1 is 1.42 bits per heavy atom. The van der Waals surface area contributed by atoms with E-state index in [4.69, 9.17) is 9.47 Å². The summed E-state index contributed by atoms with van der Waals surface area (Å²) >= 11 is 0. The van der Waals surface area contributed by atoms with Crippen LogP contribution < -0.4 is 15.4 Å². The summed E-state index contributed by atoms with van der Waals surface area (Å²) in [5, 5.41) is 6.63. The number of rotatable bonds is 5. The molecule has 2 unspecified atom stereocenters. The Labute approximate surface area is 155 Å². The molecular weight excluding hydrogens is 328 g/mol. The molecule has 26 heavy (non-hydrogen) atoms. The molecule has 2 aliphatic heterocycles. The topological polar surface area (TPSA) is 59.6 Å². The first-order chi connectivity index (χ1) is 12.5. The minimum Gasteiger partial charge on any atom is -0.490 e. The lowest BCUT2D eigenvalue weighted by atomic mass is 9.79. The molecule has 2 N–H and O–H groups in total. The van der Waals surface area contributed by atoms with Gasteiger partial charge in [-0.2, -0.15) is 0 Å². The molecule has 0 radical (unpaired) electrons. The highest BCUT2D eigenvalue weighted by Crippen LogP contribution is 2.37. The van der Waals surface area contributed by atoms with Crippen LogP contribution in [-0.4, -0.2) is 42.8 Å². The van der Waals surface area contributed by atoms with Gasteiger partial charge in [-0.3, -0.25) is 4.79 Å². The number of carbonyl (C=O) groups excluding carboxylic acids is 1. The van der Waals surface area contributed by atoms with Crippen molar-refractivity contribution in [3.63, 3.8) is 0 Å². The van der Waals surface area contributed by atoms with Crippen molar-refractivity contribution in [1.82, 2.24) is 10.6 Å². The minimum absolute atomic E-state index is 0.0784. The van der Waals surface area contributed by atoms with Gasteiger partial charge >= 0.3 is 0 Å². The first kappa shape index (κ1) is 17.8. The van der Waals surface area contributed by atoms with E-state index in [1.165, 1.54) is 17.5 Å². The average molecular weight is 358 g/mol. The van der Waals surface area contributed by atoms with Crippen LogP contribution in [0.3, 0.4) is 0 Å². The fourth-order valence-corrected chi connectivity index (χ4v) is 4.31. The first-order valence-electron chi connectivity index (χ1n) is 9.96. The summed E-state index contributed by atoms with van der Waals surface area (Å²) in [5.74, 6) is 1.10. The van der Waals surface area contributed by atoms with E-state index in [0.717, 1.165) is 38.0 Å².